The first-order valence-corrected chi connectivity index (χ1v) is 4.90. The predicted molar refractivity (Wildman–Crippen MR) is 51.1 cm³/mol. The Balaban J connectivity index is 2.25. The van der Waals surface area contributed by atoms with Crippen molar-refractivity contribution < 1.29 is 9.90 Å². The lowest BCUT2D eigenvalue weighted by Gasteiger charge is -2.24. The molecule has 1 aromatic rings. The zero-order valence-corrected chi connectivity index (χ0v) is 8.23. The minimum Gasteiger partial charge on any atom is -0.481 e. The van der Waals surface area contributed by atoms with Gasteiger partial charge in [0.15, 0.2) is 0 Å². The van der Waals surface area contributed by atoms with Crippen LogP contribution < -0.4 is 0 Å². The van der Waals surface area contributed by atoms with Crippen LogP contribution in [0.4, 0.5) is 0 Å². The number of aliphatic carboxylic acids is 1. The maximum Gasteiger partial charge on any atom is 0.309 e. The Kier molecular flexibility index (Phi) is 2.27. The minimum absolute atomic E-state index is 0.0856. The van der Waals surface area contributed by atoms with Gasteiger partial charge in [0.25, 0.3) is 0 Å². The van der Waals surface area contributed by atoms with E-state index in [2.05, 4.69) is 4.98 Å². The molecule has 76 valence electrons. The van der Waals surface area contributed by atoms with E-state index in [4.69, 9.17) is 5.11 Å². The highest BCUT2D eigenvalue weighted by Gasteiger charge is 2.25. The first-order chi connectivity index (χ1) is 6.68. The third kappa shape index (κ3) is 1.52. The van der Waals surface area contributed by atoms with Crippen LogP contribution in [-0.2, 0) is 18.3 Å². The van der Waals surface area contributed by atoms with Gasteiger partial charge in [0.05, 0.1) is 24.1 Å². The molecule has 1 saturated carbocycles. The largest absolute Gasteiger partial charge is 0.481 e. The Morgan fingerprint density at radius 2 is 2.43 bits per heavy atom. The van der Waals surface area contributed by atoms with Crippen molar-refractivity contribution in [2.24, 2.45) is 7.05 Å². The monoisotopic (exact) mass is 194 g/mol. The third-order valence-corrected chi connectivity index (χ3v) is 2.90. The van der Waals surface area contributed by atoms with Crippen molar-refractivity contribution in [1.29, 1.82) is 0 Å². The lowest BCUT2D eigenvalue weighted by atomic mass is 9.82. The fourth-order valence-corrected chi connectivity index (χ4v) is 1.85. The molecular formula is C10H14N2O2. The lowest BCUT2D eigenvalue weighted by molar-refractivity contribution is -0.136. The van der Waals surface area contributed by atoms with Crippen LogP contribution in [0.2, 0.25) is 0 Å². The standard InChI is InChI=1S/C10H14N2O2/c1-12-6-11-10(7-3-2-4-7)8(12)5-9(13)14/h6-7H,2-5H2,1H3,(H,13,14). The topological polar surface area (TPSA) is 55.1 Å². The molecule has 14 heavy (non-hydrogen) atoms. The van der Waals surface area contributed by atoms with E-state index in [1.165, 1.54) is 6.42 Å². The van der Waals surface area contributed by atoms with Crippen molar-refractivity contribution >= 4 is 5.97 Å². The van der Waals surface area contributed by atoms with E-state index in [0.29, 0.717) is 5.92 Å². The summed E-state index contributed by atoms with van der Waals surface area (Å²) < 4.78 is 1.82. The zero-order chi connectivity index (χ0) is 10.1. The third-order valence-electron chi connectivity index (χ3n) is 2.90. The van der Waals surface area contributed by atoms with E-state index < -0.39 is 5.97 Å². The Bertz CT molecular complexity index is 353. The number of hydrogen-bond donors (Lipinski definition) is 1. The molecule has 1 heterocycles. The smallest absolute Gasteiger partial charge is 0.309 e. The van der Waals surface area contributed by atoms with Crippen LogP contribution >= 0.6 is 0 Å². The molecule has 1 aliphatic carbocycles. The summed E-state index contributed by atoms with van der Waals surface area (Å²) in [5.74, 6) is -0.278. The van der Waals surface area contributed by atoms with E-state index >= 15 is 0 Å². The zero-order valence-electron chi connectivity index (χ0n) is 8.23. The SMILES string of the molecule is Cn1cnc(C2CCC2)c1CC(=O)O. The summed E-state index contributed by atoms with van der Waals surface area (Å²) in [6, 6.07) is 0. The average Bonchev–Trinajstić information content (AvgIpc) is 2.32. The number of imidazole rings is 1. The molecule has 4 nitrogen and oxygen atoms in total. The second kappa shape index (κ2) is 3.44. The Hall–Kier alpha value is -1.32. The molecule has 2 rings (SSSR count). The number of carboxylic acid groups (broad SMARTS) is 1. The normalized spacial score (nSPS) is 16.6. The molecule has 1 N–H and O–H groups in total. The molecule has 0 atom stereocenters. The Labute approximate surface area is 82.6 Å². The van der Waals surface area contributed by atoms with Crippen LogP contribution in [0.5, 0.6) is 0 Å². The van der Waals surface area contributed by atoms with E-state index in [0.717, 1.165) is 24.2 Å². The highest BCUT2D eigenvalue weighted by molar-refractivity contribution is 5.70. The summed E-state index contributed by atoms with van der Waals surface area (Å²) in [4.78, 5) is 14.9. The molecule has 1 aromatic heterocycles. The summed E-state index contributed by atoms with van der Waals surface area (Å²) in [6.45, 7) is 0. The van der Waals surface area contributed by atoms with Crippen LogP contribution in [0.1, 0.15) is 36.6 Å². The van der Waals surface area contributed by atoms with Gasteiger partial charge in [-0.15, -0.1) is 0 Å². The second-order valence-corrected chi connectivity index (χ2v) is 3.89. The number of nitrogens with zero attached hydrogens (tertiary/aromatic N) is 2. The summed E-state index contributed by atoms with van der Waals surface area (Å²) in [7, 11) is 1.85. The molecule has 4 heteroatoms. The van der Waals surface area contributed by atoms with E-state index in [1.54, 1.807) is 6.33 Å². The van der Waals surface area contributed by atoms with Gasteiger partial charge in [0, 0.05) is 13.0 Å². The fourth-order valence-electron chi connectivity index (χ4n) is 1.85. The molecule has 0 unspecified atom stereocenters. The second-order valence-electron chi connectivity index (χ2n) is 3.89. The highest BCUT2D eigenvalue weighted by Crippen LogP contribution is 2.37. The molecule has 0 saturated heterocycles. The molecule has 0 spiro atoms. The Morgan fingerprint density at radius 3 is 2.93 bits per heavy atom. The first-order valence-electron chi connectivity index (χ1n) is 4.90. The van der Waals surface area contributed by atoms with Crippen molar-refractivity contribution in [3.8, 4) is 0 Å². The summed E-state index contributed by atoms with van der Waals surface area (Å²) >= 11 is 0. The van der Waals surface area contributed by atoms with E-state index in [-0.39, 0.29) is 6.42 Å². The summed E-state index contributed by atoms with van der Waals surface area (Å²) in [5.41, 5.74) is 1.86. The van der Waals surface area contributed by atoms with Crippen LogP contribution in [0.3, 0.4) is 0 Å². The first kappa shape index (κ1) is 9.24. The van der Waals surface area contributed by atoms with Gasteiger partial charge in [-0.2, -0.15) is 0 Å². The van der Waals surface area contributed by atoms with Crippen molar-refractivity contribution in [2.45, 2.75) is 31.6 Å². The number of carbonyl (C=O) groups is 1. The quantitative estimate of drug-likeness (QED) is 0.789. The van der Waals surface area contributed by atoms with E-state index in [9.17, 15) is 4.79 Å². The van der Waals surface area contributed by atoms with Gasteiger partial charge in [-0.3, -0.25) is 4.79 Å². The van der Waals surface area contributed by atoms with Crippen molar-refractivity contribution in [3.05, 3.63) is 17.7 Å². The Morgan fingerprint density at radius 1 is 1.71 bits per heavy atom. The molecular weight excluding hydrogens is 180 g/mol. The lowest BCUT2D eigenvalue weighted by Crippen LogP contribution is -2.14. The van der Waals surface area contributed by atoms with Gasteiger partial charge in [-0.1, -0.05) is 6.42 Å². The van der Waals surface area contributed by atoms with Gasteiger partial charge >= 0.3 is 5.97 Å². The molecule has 0 amide bonds. The van der Waals surface area contributed by atoms with Crippen molar-refractivity contribution in [2.75, 3.05) is 0 Å². The maximum absolute atomic E-state index is 10.7. The highest BCUT2D eigenvalue weighted by atomic mass is 16.4. The summed E-state index contributed by atoms with van der Waals surface area (Å²) in [5, 5.41) is 8.77. The maximum atomic E-state index is 10.7. The average molecular weight is 194 g/mol. The molecule has 1 fully saturated rings. The number of hydrogen-bond acceptors (Lipinski definition) is 2. The van der Waals surface area contributed by atoms with Gasteiger partial charge in [-0.25, -0.2) is 4.98 Å². The predicted octanol–water partition coefficient (Wildman–Crippen LogP) is 1.31. The number of aryl methyl sites for hydroxylation is 1. The number of rotatable bonds is 3. The number of aromatic nitrogens is 2. The number of carboxylic acids is 1. The van der Waals surface area contributed by atoms with Gasteiger partial charge in [0.2, 0.25) is 0 Å². The van der Waals surface area contributed by atoms with Crippen molar-refractivity contribution in [1.82, 2.24) is 9.55 Å². The molecule has 0 radical (unpaired) electrons. The van der Waals surface area contributed by atoms with Gasteiger partial charge in [0.1, 0.15) is 0 Å². The van der Waals surface area contributed by atoms with Crippen LogP contribution in [-0.4, -0.2) is 20.6 Å². The van der Waals surface area contributed by atoms with Crippen LogP contribution in [0.15, 0.2) is 6.33 Å². The fraction of sp³-hybridized carbons (Fsp3) is 0.600. The molecule has 0 aliphatic heterocycles. The molecule has 1 aliphatic rings. The van der Waals surface area contributed by atoms with Gasteiger partial charge in [-0.05, 0) is 12.8 Å². The molecule has 0 aromatic carbocycles. The summed E-state index contributed by atoms with van der Waals surface area (Å²) in [6.07, 6.45) is 5.36. The minimum atomic E-state index is -0.783. The van der Waals surface area contributed by atoms with E-state index in [1.807, 2.05) is 11.6 Å². The van der Waals surface area contributed by atoms with Gasteiger partial charge < -0.3 is 9.67 Å². The van der Waals surface area contributed by atoms with Crippen molar-refractivity contribution in [3.63, 3.8) is 0 Å². The van der Waals surface area contributed by atoms with Crippen LogP contribution in [0.25, 0.3) is 0 Å². The van der Waals surface area contributed by atoms with Crippen LogP contribution in [0, 0.1) is 0 Å². The molecule has 0 bridgehead atoms.